The van der Waals surface area contributed by atoms with Gasteiger partial charge >= 0.3 is 41.5 Å². The molecule has 41 heavy (non-hydrogen) atoms. The number of ether oxygens (including phenoxy) is 5. The fraction of sp³-hybridized carbons (Fsp3) is 0.481. The number of carboxylic acids is 1. The Morgan fingerprint density at radius 3 is 1.51 bits per heavy atom. The van der Waals surface area contributed by atoms with Crippen LogP contribution in [0.3, 0.4) is 0 Å². The maximum absolute atomic E-state index is 12.7. The van der Waals surface area contributed by atoms with Gasteiger partial charge in [0.15, 0.2) is 23.0 Å². The quantitative estimate of drug-likeness (QED) is 0.223. The number of hydrogen-bond acceptors (Lipinski definition) is 8. The maximum atomic E-state index is 12.7. The van der Waals surface area contributed by atoms with Crippen molar-refractivity contribution in [1.29, 1.82) is 0 Å². The minimum absolute atomic E-state index is 0. The molecule has 2 N–H and O–H groups in total. The molecule has 2 unspecified atom stereocenters. The molecule has 2 aliphatic rings. The summed E-state index contributed by atoms with van der Waals surface area (Å²) in [5.74, 6) is -6.36. The van der Waals surface area contributed by atoms with E-state index >= 15 is 0 Å². The molecule has 2 fully saturated rings. The van der Waals surface area contributed by atoms with Crippen LogP contribution in [0.15, 0.2) is 36.4 Å². The fourth-order valence-electron chi connectivity index (χ4n) is 3.74. The first-order valence-corrected chi connectivity index (χ1v) is 12.1. The Balaban J connectivity index is 0.000000391. The second kappa shape index (κ2) is 15.5. The van der Waals surface area contributed by atoms with Crippen LogP contribution in [0.2, 0.25) is 0 Å². The van der Waals surface area contributed by atoms with E-state index in [1.165, 1.54) is 51.7 Å². The van der Waals surface area contributed by atoms with Gasteiger partial charge in [-0.15, -0.1) is 0 Å². The number of aromatic carboxylic acids is 1. The molecular formula is C27H31F4NaO9. The molecule has 2 atom stereocenters. The number of carbonyl (C=O) groups is 2. The molecule has 2 saturated carbocycles. The maximum Gasteiger partial charge on any atom is 1.00 e. The molecule has 0 amide bonds. The zero-order valence-electron chi connectivity index (χ0n) is 23.1. The number of carboxylic acid groups (broad SMARTS) is 1. The van der Waals surface area contributed by atoms with Gasteiger partial charge in [0.1, 0.15) is 0 Å². The van der Waals surface area contributed by atoms with Gasteiger partial charge < -0.3 is 34.3 Å². The van der Waals surface area contributed by atoms with E-state index in [0.717, 1.165) is 0 Å². The summed E-state index contributed by atoms with van der Waals surface area (Å²) >= 11 is 0. The number of hydrogen-bond donors (Lipinski definition) is 1. The minimum atomic E-state index is -2.54. The summed E-state index contributed by atoms with van der Waals surface area (Å²) in [5, 5.41) is 8.83. The number of rotatable bonds is 12. The zero-order chi connectivity index (χ0) is 28.8. The van der Waals surface area contributed by atoms with Crippen LogP contribution in [0.5, 0.6) is 23.0 Å². The number of esters is 1. The third kappa shape index (κ3) is 10.2. The van der Waals surface area contributed by atoms with Crippen LogP contribution in [-0.4, -0.2) is 68.9 Å². The van der Waals surface area contributed by atoms with Gasteiger partial charge in [0.2, 0.25) is 0 Å². The molecule has 9 nitrogen and oxygen atoms in total. The number of alkyl halides is 4. The van der Waals surface area contributed by atoms with Crippen molar-refractivity contribution < 1.29 is 91.0 Å². The van der Waals surface area contributed by atoms with Gasteiger partial charge in [-0.2, -0.15) is 0 Å². The van der Waals surface area contributed by atoms with Gasteiger partial charge in [0.25, 0.3) is 11.8 Å². The summed E-state index contributed by atoms with van der Waals surface area (Å²) in [6.45, 7) is 0.344. The largest absolute Gasteiger partial charge is 1.00 e. The Bertz CT molecular complexity index is 1180. The van der Waals surface area contributed by atoms with Crippen molar-refractivity contribution in [1.82, 2.24) is 0 Å². The van der Waals surface area contributed by atoms with Crippen LogP contribution in [0.25, 0.3) is 0 Å². The number of carbonyl (C=O) groups excluding carboxylic acids is 1. The molecule has 222 valence electrons. The number of halogens is 4. The molecule has 0 heterocycles. The van der Waals surface area contributed by atoms with E-state index in [1.54, 1.807) is 6.07 Å². The first-order valence-electron chi connectivity index (χ1n) is 12.1. The van der Waals surface area contributed by atoms with Crippen LogP contribution in [0, 0.1) is 11.8 Å². The molecule has 0 saturated heterocycles. The van der Waals surface area contributed by atoms with E-state index < -0.39 is 35.6 Å². The van der Waals surface area contributed by atoms with Crippen molar-refractivity contribution in [2.45, 2.75) is 37.5 Å². The third-order valence-electron chi connectivity index (χ3n) is 6.35. The van der Waals surface area contributed by atoms with Crippen molar-refractivity contribution in [3.8, 4) is 23.0 Å². The van der Waals surface area contributed by atoms with E-state index in [1.807, 2.05) is 0 Å². The van der Waals surface area contributed by atoms with Crippen molar-refractivity contribution in [2.24, 2.45) is 11.8 Å². The summed E-state index contributed by atoms with van der Waals surface area (Å²) in [4.78, 5) is 22.2. The van der Waals surface area contributed by atoms with Gasteiger partial charge in [0.05, 0.1) is 45.7 Å². The predicted octanol–water partition coefficient (Wildman–Crippen LogP) is 2.55. The first-order chi connectivity index (χ1) is 18.4. The Morgan fingerprint density at radius 1 is 0.780 bits per heavy atom. The van der Waals surface area contributed by atoms with Crippen molar-refractivity contribution in [3.63, 3.8) is 0 Å². The van der Waals surface area contributed by atoms with Gasteiger partial charge in [0, 0.05) is 24.7 Å². The molecule has 0 aliphatic heterocycles. The van der Waals surface area contributed by atoms with Crippen LogP contribution in [0.1, 0.15) is 46.4 Å². The number of methoxy groups -OCH3 is 3. The van der Waals surface area contributed by atoms with Crippen LogP contribution < -0.4 is 48.5 Å². The topological polar surface area (TPSA) is 131 Å². The summed E-state index contributed by atoms with van der Waals surface area (Å²) in [5.41, 5.74) is 0.420. The van der Waals surface area contributed by atoms with Gasteiger partial charge in [-0.1, -0.05) is 0 Å². The second-order valence-corrected chi connectivity index (χ2v) is 9.13. The Kier molecular flexibility index (Phi) is 13.7. The molecule has 2 aromatic carbocycles. The Hall–Kier alpha value is -2.74. The van der Waals surface area contributed by atoms with E-state index in [2.05, 4.69) is 4.74 Å². The molecule has 0 bridgehead atoms. The van der Waals surface area contributed by atoms with Crippen LogP contribution in [0.4, 0.5) is 17.6 Å². The van der Waals surface area contributed by atoms with E-state index in [9.17, 15) is 27.2 Å². The Morgan fingerprint density at radius 2 is 1.17 bits per heavy atom. The summed E-state index contributed by atoms with van der Waals surface area (Å²) in [6.07, 6.45) is 0.436. The zero-order valence-corrected chi connectivity index (χ0v) is 25.1. The standard InChI is InChI=1S/C14H16F2O4.C13H14F2O4.Na.H2O/c1-18-12-7-9(13(17)19-2)3-4-11(12)20-6-5-10-8-14(10,15)16;1-18-11-6-8(12(16)17)2-3-10(11)19-5-4-9-7-13(9,14)15;;/h3-4,7,10H,5-6,8H2,1-2H3;2-3,6,9H,4-5,7H2,1H3,(H,16,17);;1H2/q;;+1;/p-1. The average Bonchev–Trinajstić information content (AvgIpc) is 3.74. The second-order valence-electron chi connectivity index (χ2n) is 9.13. The van der Waals surface area contributed by atoms with Gasteiger partial charge in [-0.3, -0.25) is 0 Å². The molecule has 2 aromatic rings. The van der Waals surface area contributed by atoms with Crippen molar-refractivity contribution in [3.05, 3.63) is 47.5 Å². The third-order valence-corrected chi connectivity index (χ3v) is 6.35. The smallest absolute Gasteiger partial charge is 0.870 e. The number of benzene rings is 2. The van der Waals surface area contributed by atoms with E-state index in [4.69, 9.17) is 24.1 Å². The summed E-state index contributed by atoms with van der Waals surface area (Å²) < 4.78 is 76.3. The fourth-order valence-corrected chi connectivity index (χ4v) is 3.74. The van der Waals surface area contributed by atoms with Gasteiger partial charge in [-0.05, 0) is 49.2 Å². The molecule has 14 heteroatoms. The Labute approximate surface area is 256 Å². The normalized spacial score (nSPS) is 18.6. The van der Waals surface area contributed by atoms with E-state index in [0.29, 0.717) is 29.2 Å². The SMILES string of the molecule is COC(=O)c1ccc(OCCC2CC2(F)F)c(OC)c1.COc1cc(C(=O)O)ccc1OCCC1CC1(F)F.[Na+].[OH-]. The monoisotopic (exact) mass is 598 g/mol. The molecule has 4 rings (SSSR count). The molecule has 0 aromatic heterocycles. The first kappa shape index (κ1) is 36.3. The molecular weight excluding hydrogens is 567 g/mol. The van der Waals surface area contributed by atoms with Crippen LogP contribution >= 0.6 is 0 Å². The summed E-state index contributed by atoms with van der Waals surface area (Å²) in [6, 6.07) is 8.78. The van der Waals surface area contributed by atoms with E-state index in [-0.39, 0.29) is 78.8 Å². The molecule has 0 spiro atoms. The van der Waals surface area contributed by atoms with Crippen molar-refractivity contribution >= 4 is 11.9 Å². The molecule has 2 aliphatic carbocycles. The molecule has 0 radical (unpaired) electrons. The summed E-state index contributed by atoms with van der Waals surface area (Å²) in [7, 11) is 4.12. The van der Waals surface area contributed by atoms with Crippen LogP contribution in [-0.2, 0) is 4.74 Å². The van der Waals surface area contributed by atoms with Gasteiger partial charge in [-0.25, -0.2) is 27.2 Å². The average molecular weight is 599 g/mol. The predicted molar refractivity (Wildman–Crippen MR) is 133 cm³/mol. The minimum Gasteiger partial charge on any atom is -0.870 e. The van der Waals surface area contributed by atoms with Crippen molar-refractivity contribution in [2.75, 3.05) is 34.5 Å².